The van der Waals surface area contributed by atoms with Crippen LogP contribution >= 0.6 is 0 Å². The lowest BCUT2D eigenvalue weighted by Gasteiger charge is -2.63. The summed E-state index contributed by atoms with van der Waals surface area (Å²) in [5, 5.41) is 3.04. The van der Waals surface area contributed by atoms with Crippen molar-refractivity contribution in [3.63, 3.8) is 0 Å². The van der Waals surface area contributed by atoms with E-state index in [4.69, 9.17) is 9.57 Å². The number of rotatable bonds is 8. The second-order valence-corrected chi connectivity index (χ2v) is 14.9. The van der Waals surface area contributed by atoms with E-state index < -0.39 is 0 Å². The van der Waals surface area contributed by atoms with E-state index in [1.54, 1.807) is 5.57 Å². The smallest absolute Gasteiger partial charge is 0.302 e. The summed E-state index contributed by atoms with van der Waals surface area (Å²) in [6.45, 7) is 20.6. The number of hydrogen-bond acceptors (Lipinski definition) is 5. The molecule has 4 aliphatic rings. The summed E-state index contributed by atoms with van der Waals surface area (Å²) in [5.74, 6) is 2.24. The van der Waals surface area contributed by atoms with E-state index in [1.807, 2.05) is 0 Å². The molecule has 2 saturated carbocycles. The number of esters is 1. The highest BCUT2D eigenvalue weighted by atomic mass is 16.7. The first-order valence-electron chi connectivity index (χ1n) is 15.1. The van der Waals surface area contributed by atoms with Gasteiger partial charge in [-0.2, -0.15) is 0 Å². The number of ether oxygens (including phenoxy) is 1. The maximum Gasteiger partial charge on any atom is 0.302 e. The molecule has 5 nitrogen and oxygen atoms in total. The molecule has 4 aliphatic carbocycles. The summed E-state index contributed by atoms with van der Waals surface area (Å²) in [5.41, 5.74) is 3.02. The minimum absolute atomic E-state index is 0.0256. The summed E-state index contributed by atoms with van der Waals surface area (Å²) >= 11 is 0. The van der Waals surface area contributed by atoms with Crippen molar-refractivity contribution in [3.05, 3.63) is 16.1 Å². The van der Waals surface area contributed by atoms with Crippen LogP contribution in [0.15, 0.2) is 16.5 Å². The Kier molecular flexibility index (Phi) is 7.71. The van der Waals surface area contributed by atoms with Crippen LogP contribution in [0.25, 0.3) is 0 Å². The second kappa shape index (κ2) is 9.97. The number of carbonyl (C=O) groups is 1. The Balaban J connectivity index is 1.72. The molecule has 0 unspecified atom stereocenters. The van der Waals surface area contributed by atoms with Gasteiger partial charge in [-0.15, -0.1) is 4.91 Å². The first-order chi connectivity index (χ1) is 17.2. The highest BCUT2D eigenvalue weighted by Gasteiger charge is 2.66. The largest absolute Gasteiger partial charge is 0.462 e. The van der Waals surface area contributed by atoms with Gasteiger partial charge < -0.3 is 9.57 Å². The van der Waals surface area contributed by atoms with Gasteiger partial charge in [0.25, 0.3) is 0 Å². The van der Waals surface area contributed by atoms with Crippen LogP contribution in [0.2, 0.25) is 0 Å². The fourth-order valence-electron chi connectivity index (χ4n) is 10.2. The van der Waals surface area contributed by atoms with Crippen LogP contribution in [-0.2, 0) is 14.4 Å². The Hall–Kier alpha value is -1.39. The number of hydrogen-bond donors (Lipinski definition) is 0. The lowest BCUT2D eigenvalue weighted by molar-refractivity contribution is -0.171. The van der Waals surface area contributed by atoms with E-state index in [-0.39, 0.29) is 45.8 Å². The van der Waals surface area contributed by atoms with Crippen molar-refractivity contribution in [2.75, 3.05) is 0 Å². The van der Waals surface area contributed by atoms with Crippen LogP contribution in [0.4, 0.5) is 0 Å². The molecule has 0 aliphatic heterocycles. The molecule has 0 radical (unpaired) electrons. The van der Waals surface area contributed by atoms with Gasteiger partial charge in [-0.3, -0.25) is 4.79 Å². The van der Waals surface area contributed by atoms with Crippen LogP contribution in [0.1, 0.15) is 127 Å². The van der Waals surface area contributed by atoms with E-state index in [0.717, 1.165) is 31.6 Å². The van der Waals surface area contributed by atoms with Gasteiger partial charge >= 0.3 is 5.97 Å². The molecule has 0 heterocycles. The van der Waals surface area contributed by atoms with Gasteiger partial charge in [-0.25, -0.2) is 0 Å². The Morgan fingerprint density at radius 2 is 1.73 bits per heavy atom. The van der Waals surface area contributed by atoms with Gasteiger partial charge in [-0.1, -0.05) is 80.2 Å². The summed E-state index contributed by atoms with van der Waals surface area (Å²) < 4.78 is 5.84. The normalized spacial score (nSPS) is 41.5. The minimum atomic E-state index is -0.277. The van der Waals surface area contributed by atoms with Crippen molar-refractivity contribution in [3.8, 4) is 0 Å². The van der Waals surface area contributed by atoms with Crippen LogP contribution in [0, 0.1) is 50.2 Å². The van der Waals surface area contributed by atoms with Gasteiger partial charge in [0.1, 0.15) is 6.10 Å². The monoisotopic (exact) mass is 515 g/mol. The molecule has 0 spiro atoms. The molecule has 0 bridgehead atoms. The molecular formula is C32H53NO4. The summed E-state index contributed by atoms with van der Waals surface area (Å²) in [6.07, 6.45) is 10.9. The molecule has 0 amide bonds. The fourth-order valence-corrected chi connectivity index (χ4v) is 10.2. The Labute approximate surface area is 225 Å². The lowest BCUT2D eigenvalue weighted by atomic mass is 9.42. The molecule has 4 rings (SSSR count). The highest BCUT2D eigenvalue weighted by molar-refractivity contribution is 5.66. The third kappa shape index (κ3) is 4.48. The average molecular weight is 516 g/mol. The summed E-state index contributed by atoms with van der Waals surface area (Å²) in [7, 11) is 0. The van der Waals surface area contributed by atoms with Crippen LogP contribution in [0.5, 0.6) is 0 Å². The number of carbonyl (C=O) groups excluding carboxylic acids is 1. The molecule has 0 aromatic rings. The van der Waals surface area contributed by atoms with Gasteiger partial charge in [0.2, 0.25) is 0 Å². The van der Waals surface area contributed by atoms with E-state index in [2.05, 4.69) is 60.7 Å². The lowest BCUT2D eigenvalue weighted by Crippen LogP contribution is -2.58. The van der Waals surface area contributed by atoms with Crippen molar-refractivity contribution < 1.29 is 14.4 Å². The zero-order chi connectivity index (χ0) is 27.4. The average Bonchev–Trinajstić information content (AvgIpc) is 3.08. The van der Waals surface area contributed by atoms with Crippen LogP contribution in [-0.4, -0.2) is 18.2 Å². The molecule has 5 heteroatoms. The number of nitrogens with zero attached hydrogens (tertiary/aromatic N) is 1. The summed E-state index contributed by atoms with van der Waals surface area (Å²) in [6, 6.07) is 0. The van der Waals surface area contributed by atoms with Crippen molar-refractivity contribution in [2.45, 2.75) is 139 Å². The van der Waals surface area contributed by atoms with E-state index >= 15 is 0 Å². The first kappa shape index (κ1) is 28.6. The van der Waals surface area contributed by atoms with Gasteiger partial charge in [0.05, 0.1) is 0 Å². The molecule has 210 valence electrons. The molecular weight excluding hydrogens is 462 g/mol. The van der Waals surface area contributed by atoms with Gasteiger partial charge in [-0.05, 0) is 90.4 Å². The molecule has 37 heavy (non-hydrogen) atoms. The molecule has 0 aromatic heterocycles. The molecule has 2 fully saturated rings. The third-order valence-electron chi connectivity index (χ3n) is 12.3. The zero-order valence-electron chi connectivity index (χ0n) is 25.1. The maximum absolute atomic E-state index is 11.9. The number of fused-ring (bicyclic) bond motifs is 4. The predicted molar refractivity (Wildman–Crippen MR) is 149 cm³/mol. The van der Waals surface area contributed by atoms with E-state index in [9.17, 15) is 9.70 Å². The fraction of sp³-hybridized carbons (Fsp3) is 0.906. The summed E-state index contributed by atoms with van der Waals surface area (Å²) in [4.78, 5) is 29.3. The molecule has 0 N–H and O–H groups in total. The third-order valence-corrected chi connectivity index (χ3v) is 12.3. The van der Waals surface area contributed by atoms with Crippen molar-refractivity contribution >= 4 is 5.97 Å². The quantitative estimate of drug-likeness (QED) is 0.140. The minimum Gasteiger partial charge on any atom is -0.462 e. The van der Waals surface area contributed by atoms with Crippen molar-refractivity contribution in [2.24, 2.45) is 50.7 Å². The maximum atomic E-state index is 11.9. The highest BCUT2D eigenvalue weighted by Crippen LogP contribution is 2.73. The molecule has 8 atom stereocenters. The van der Waals surface area contributed by atoms with Crippen molar-refractivity contribution in [1.29, 1.82) is 0 Å². The first-order valence-corrected chi connectivity index (χ1v) is 15.1. The Morgan fingerprint density at radius 3 is 2.35 bits per heavy atom. The SMILES string of the molecule is CC(=O)O[C@H]1CC[C@]2(C)C3=C([C@H](ON=O)C[C@H]2C1(C)C)[C@]1(C)CC[C@H]([C@H](C)CCCC(C)C)[C@@]1(C)CC3. The van der Waals surface area contributed by atoms with Crippen molar-refractivity contribution in [1.82, 2.24) is 0 Å². The van der Waals surface area contributed by atoms with Gasteiger partial charge in [0.15, 0.2) is 11.4 Å². The van der Waals surface area contributed by atoms with Gasteiger partial charge in [0, 0.05) is 12.3 Å². The van der Waals surface area contributed by atoms with Crippen LogP contribution in [0.3, 0.4) is 0 Å². The second-order valence-electron chi connectivity index (χ2n) is 14.9. The number of allylic oxidation sites excluding steroid dienone is 1. The Bertz CT molecular complexity index is 924. The topological polar surface area (TPSA) is 65.0 Å². The predicted octanol–water partition coefficient (Wildman–Crippen LogP) is 8.81. The van der Waals surface area contributed by atoms with Crippen LogP contribution < -0.4 is 0 Å². The van der Waals surface area contributed by atoms with E-state index in [0.29, 0.717) is 11.8 Å². The standard InChI is InChI=1S/C32H53NO4/c1-20(2)11-10-12-21(3)23-13-18-32(9)28-24(14-17-31(23,32)8)30(7)16-15-27(36-22(4)34)29(5,6)26(30)19-25(28)37-33-35/h20-21,23,25-27H,10-19H2,1-9H3/t21-,23-,25-,26+,27+,30-,31-,32+/m1/s1. The molecule has 0 saturated heterocycles. The van der Waals surface area contributed by atoms with E-state index in [1.165, 1.54) is 51.0 Å². The zero-order valence-corrected chi connectivity index (χ0v) is 25.1. The Morgan fingerprint density at radius 1 is 1.03 bits per heavy atom. The molecule has 0 aromatic carbocycles.